The van der Waals surface area contributed by atoms with E-state index in [0.717, 1.165) is 21.9 Å². The Morgan fingerprint density at radius 3 is 2.79 bits per heavy atom. The maximum Gasteiger partial charge on any atom is 0.307 e. The molecular formula is C24H22ClN5O3. The lowest BCUT2D eigenvalue weighted by molar-refractivity contribution is -0.136. The molecule has 8 nitrogen and oxygen atoms in total. The van der Waals surface area contributed by atoms with E-state index in [0.29, 0.717) is 54.2 Å². The lowest BCUT2D eigenvalue weighted by Crippen LogP contribution is -2.30. The molecule has 4 rings (SSSR count). The van der Waals surface area contributed by atoms with Gasteiger partial charge in [0.05, 0.1) is 25.1 Å². The molecule has 3 aromatic rings. The van der Waals surface area contributed by atoms with E-state index in [2.05, 4.69) is 25.3 Å². The fraction of sp³-hybridized carbons (Fsp3) is 0.250. The highest BCUT2D eigenvalue weighted by Gasteiger charge is 2.19. The minimum absolute atomic E-state index is 0.0624. The average Bonchev–Trinajstić information content (AvgIpc) is 2.82. The molecule has 2 N–H and O–H groups in total. The number of carbonyl (C=O) groups is 1. The number of ether oxygens (including phenoxy) is 1. The van der Waals surface area contributed by atoms with Crippen LogP contribution in [-0.4, -0.2) is 41.5 Å². The molecule has 0 spiro atoms. The standard InChI is InChI=1S/C24H22ClN5O3/c1-26-17-4-5-18-19(13-17)23(27-14-16-3-6-21(33-2)20(25)11-16)28-29-24(18)30-9-7-15(8-10-30)12-22(31)32/h3-7,11,13H,8-10,12,14H2,2H3,(H,27,28)(H,31,32). The van der Waals surface area contributed by atoms with E-state index in [1.807, 2.05) is 30.3 Å². The molecule has 1 aliphatic rings. The zero-order chi connectivity index (χ0) is 23.4. The molecule has 33 heavy (non-hydrogen) atoms. The summed E-state index contributed by atoms with van der Waals surface area (Å²) in [6, 6.07) is 11.0. The van der Waals surface area contributed by atoms with Crippen LogP contribution in [-0.2, 0) is 11.3 Å². The Hall–Kier alpha value is -3.83. The Balaban J connectivity index is 1.62. The van der Waals surface area contributed by atoms with Gasteiger partial charge in [0.25, 0.3) is 0 Å². The molecule has 0 fully saturated rings. The lowest BCUT2D eigenvalue weighted by atomic mass is 10.0. The molecule has 168 valence electrons. The van der Waals surface area contributed by atoms with Crippen LogP contribution in [0.1, 0.15) is 18.4 Å². The first-order valence-electron chi connectivity index (χ1n) is 10.4. The van der Waals surface area contributed by atoms with Gasteiger partial charge in [0, 0.05) is 30.4 Å². The molecule has 0 saturated carbocycles. The van der Waals surface area contributed by atoms with Gasteiger partial charge in [0.2, 0.25) is 0 Å². The first kappa shape index (κ1) is 22.4. The highest BCUT2D eigenvalue weighted by Crippen LogP contribution is 2.33. The average molecular weight is 464 g/mol. The van der Waals surface area contributed by atoms with Gasteiger partial charge < -0.3 is 20.1 Å². The number of nitrogens with zero attached hydrogens (tertiary/aromatic N) is 4. The summed E-state index contributed by atoms with van der Waals surface area (Å²) < 4.78 is 5.20. The number of carboxylic acid groups (broad SMARTS) is 1. The molecule has 0 radical (unpaired) electrons. The van der Waals surface area contributed by atoms with Gasteiger partial charge in [0.1, 0.15) is 5.75 Å². The first-order valence-corrected chi connectivity index (χ1v) is 10.7. The van der Waals surface area contributed by atoms with Crippen LogP contribution in [0.25, 0.3) is 15.6 Å². The van der Waals surface area contributed by atoms with E-state index in [1.165, 1.54) is 0 Å². The highest BCUT2D eigenvalue weighted by molar-refractivity contribution is 6.32. The lowest BCUT2D eigenvalue weighted by Gasteiger charge is -2.28. The first-order chi connectivity index (χ1) is 16.0. The maximum atomic E-state index is 11.0. The summed E-state index contributed by atoms with van der Waals surface area (Å²) >= 11 is 6.23. The Morgan fingerprint density at radius 1 is 1.27 bits per heavy atom. The molecule has 1 aliphatic heterocycles. The summed E-state index contributed by atoms with van der Waals surface area (Å²) in [7, 11) is 1.57. The molecule has 0 atom stereocenters. The van der Waals surface area contributed by atoms with E-state index in [9.17, 15) is 4.79 Å². The predicted molar refractivity (Wildman–Crippen MR) is 128 cm³/mol. The minimum Gasteiger partial charge on any atom is -0.495 e. The number of nitrogens with one attached hydrogen (secondary N) is 1. The molecule has 2 aromatic carbocycles. The van der Waals surface area contributed by atoms with Gasteiger partial charge in [-0.15, -0.1) is 10.2 Å². The van der Waals surface area contributed by atoms with E-state index in [-0.39, 0.29) is 6.42 Å². The number of halogens is 1. The molecule has 0 amide bonds. The summed E-state index contributed by atoms with van der Waals surface area (Å²) in [5.41, 5.74) is 2.38. The zero-order valence-corrected chi connectivity index (χ0v) is 18.8. The number of benzene rings is 2. The largest absolute Gasteiger partial charge is 0.495 e. The van der Waals surface area contributed by atoms with Crippen LogP contribution < -0.4 is 15.0 Å². The fourth-order valence-corrected chi connectivity index (χ4v) is 4.11. The Bertz CT molecular complexity index is 1290. The number of fused-ring (bicyclic) bond motifs is 1. The van der Waals surface area contributed by atoms with Gasteiger partial charge in [-0.05, 0) is 30.2 Å². The number of hydrogen-bond donors (Lipinski definition) is 2. The van der Waals surface area contributed by atoms with Crippen LogP contribution in [0, 0.1) is 6.57 Å². The summed E-state index contributed by atoms with van der Waals surface area (Å²) in [6.45, 7) is 9.08. The van der Waals surface area contributed by atoms with Gasteiger partial charge in [0.15, 0.2) is 17.3 Å². The van der Waals surface area contributed by atoms with Crippen LogP contribution in [0.2, 0.25) is 5.02 Å². The monoisotopic (exact) mass is 463 g/mol. The molecule has 2 heterocycles. The van der Waals surface area contributed by atoms with E-state index >= 15 is 0 Å². The summed E-state index contributed by atoms with van der Waals surface area (Å²) in [6.07, 6.45) is 2.67. The van der Waals surface area contributed by atoms with Crippen molar-refractivity contribution in [3.05, 3.63) is 70.1 Å². The summed E-state index contributed by atoms with van der Waals surface area (Å²) in [5, 5.41) is 23.4. The van der Waals surface area contributed by atoms with Crippen molar-refractivity contribution in [2.45, 2.75) is 19.4 Å². The number of hydrogen-bond acceptors (Lipinski definition) is 6. The smallest absolute Gasteiger partial charge is 0.307 e. The van der Waals surface area contributed by atoms with E-state index < -0.39 is 5.97 Å². The second kappa shape index (κ2) is 9.76. The van der Waals surface area contributed by atoms with Crippen LogP contribution in [0.4, 0.5) is 17.3 Å². The van der Waals surface area contributed by atoms with Crippen molar-refractivity contribution in [2.24, 2.45) is 0 Å². The van der Waals surface area contributed by atoms with Gasteiger partial charge in [-0.25, -0.2) is 4.85 Å². The second-order valence-electron chi connectivity index (χ2n) is 7.67. The van der Waals surface area contributed by atoms with Gasteiger partial charge in [-0.2, -0.15) is 0 Å². The van der Waals surface area contributed by atoms with Crippen molar-refractivity contribution in [3.63, 3.8) is 0 Å². The number of methoxy groups -OCH3 is 1. The third-order valence-corrected chi connectivity index (χ3v) is 5.83. The number of aromatic nitrogens is 2. The molecule has 0 aliphatic carbocycles. The van der Waals surface area contributed by atoms with E-state index in [4.69, 9.17) is 28.0 Å². The predicted octanol–water partition coefficient (Wildman–Crippen LogP) is 5.07. The zero-order valence-electron chi connectivity index (χ0n) is 18.0. The van der Waals surface area contributed by atoms with Crippen molar-refractivity contribution < 1.29 is 14.6 Å². The minimum atomic E-state index is -0.819. The normalized spacial score (nSPS) is 13.4. The highest BCUT2D eigenvalue weighted by atomic mass is 35.5. The molecule has 1 aromatic heterocycles. The Morgan fingerprint density at radius 2 is 2.12 bits per heavy atom. The van der Waals surface area contributed by atoms with Crippen LogP contribution in [0.15, 0.2) is 48.0 Å². The van der Waals surface area contributed by atoms with Crippen molar-refractivity contribution in [2.75, 3.05) is 30.4 Å². The van der Waals surface area contributed by atoms with Gasteiger partial charge >= 0.3 is 5.97 Å². The quantitative estimate of drug-likeness (QED) is 0.373. The van der Waals surface area contributed by atoms with Crippen molar-refractivity contribution in [1.82, 2.24) is 10.2 Å². The van der Waals surface area contributed by atoms with Gasteiger partial charge in [-0.3, -0.25) is 4.79 Å². The van der Waals surface area contributed by atoms with Crippen molar-refractivity contribution >= 4 is 45.7 Å². The van der Waals surface area contributed by atoms with Crippen LogP contribution >= 0.6 is 11.6 Å². The number of aliphatic carboxylic acids is 1. The van der Waals surface area contributed by atoms with Crippen molar-refractivity contribution in [3.8, 4) is 5.75 Å². The third kappa shape index (κ3) is 4.99. The number of anilines is 2. The number of rotatable bonds is 7. The van der Waals surface area contributed by atoms with Crippen molar-refractivity contribution in [1.29, 1.82) is 0 Å². The second-order valence-corrected chi connectivity index (χ2v) is 8.07. The van der Waals surface area contributed by atoms with Gasteiger partial charge in [-0.1, -0.05) is 41.4 Å². The number of carboxylic acids is 1. The van der Waals surface area contributed by atoms with Crippen LogP contribution in [0.3, 0.4) is 0 Å². The van der Waals surface area contributed by atoms with Crippen LogP contribution in [0.5, 0.6) is 5.75 Å². The Labute approximate surface area is 196 Å². The topological polar surface area (TPSA) is 91.9 Å². The summed E-state index contributed by atoms with van der Waals surface area (Å²) in [5.74, 6) is 1.08. The molecule has 0 saturated heterocycles. The summed E-state index contributed by atoms with van der Waals surface area (Å²) in [4.78, 5) is 16.6. The Kier molecular flexibility index (Phi) is 6.61. The fourth-order valence-electron chi connectivity index (χ4n) is 3.83. The molecule has 9 heteroatoms. The maximum absolute atomic E-state index is 11.0. The molecule has 0 bridgehead atoms. The third-order valence-electron chi connectivity index (χ3n) is 5.53. The molecule has 0 unspecified atom stereocenters. The molecular weight excluding hydrogens is 442 g/mol. The SMILES string of the molecule is [C-]#[N+]c1ccc2c(N3CC=C(CC(=O)O)CC3)nnc(NCc3ccc(OC)c(Cl)c3)c2c1. The van der Waals surface area contributed by atoms with E-state index in [1.54, 1.807) is 19.2 Å².